The molecule has 0 saturated heterocycles. The van der Waals surface area contributed by atoms with Crippen LogP contribution >= 0.6 is 23.2 Å². The number of rotatable bonds is 1. The Bertz CT molecular complexity index is 860. The fourth-order valence-electron chi connectivity index (χ4n) is 3.94. The van der Waals surface area contributed by atoms with Gasteiger partial charge in [-0.2, -0.15) is 13.2 Å². The SMILES string of the molecule is FC(F)(F)c1ccccc1[C@H]1Nc2c(ccc(Cl)c2Cl)C2C=CCC21. The molecule has 2 aliphatic rings. The second-order valence-electron chi connectivity index (χ2n) is 6.39. The third-order valence-electron chi connectivity index (χ3n) is 5.03. The van der Waals surface area contributed by atoms with Gasteiger partial charge in [-0.1, -0.05) is 59.6 Å². The Morgan fingerprint density at radius 1 is 1.00 bits per heavy atom. The van der Waals surface area contributed by atoms with Gasteiger partial charge in [0.2, 0.25) is 0 Å². The topological polar surface area (TPSA) is 12.0 Å². The highest BCUT2D eigenvalue weighted by Crippen LogP contribution is 2.53. The highest BCUT2D eigenvalue weighted by atomic mass is 35.5. The molecule has 130 valence electrons. The summed E-state index contributed by atoms with van der Waals surface area (Å²) in [6, 6.07) is 8.87. The van der Waals surface area contributed by atoms with E-state index in [1.807, 2.05) is 12.1 Å². The van der Waals surface area contributed by atoms with Gasteiger partial charge in [0.25, 0.3) is 0 Å². The summed E-state index contributed by atoms with van der Waals surface area (Å²) in [6.45, 7) is 0. The standard InChI is InChI=1S/C19H14Cl2F3N/c20-15-9-8-12-10-5-3-6-11(10)17(25-18(12)16(15)21)13-4-1-2-7-14(13)19(22,23)24/h1-5,7-11,17,25H,6H2/t10?,11?,17-/m0/s1. The Hall–Kier alpha value is -1.65. The first kappa shape index (κ1) is 16.8. The molecule has 1 N–H and O–H groups in total. The van der Waals surface area contributed by atoms with Crippen molar-refractivity contribution >= 4 is 28.9 Å². The van der Waals surface area contributed by atoms with E-state index in [0.717, 1.165) is 11.6 Å². The quantitative estimate of drug-likeness (QED) is 0.531. The van der Waals surface area contributed by atoms with Crippen LogP contribution in [0.25, 0.3) is 0 Å². The van der Waals surface area contributed by atoms with Gasteiger partial charge in [0.1, 0.15) is 0 Å². The van der Waals surface area contributed by atoms with E-state index >= 15 is 0 Å². The van der Waals surface area contributed by atoms with Gasteiger partial charge in [-0.15, -0.1) is 0 Å². The van der Waals surface area contributed by atoms with Crippen LogP contribution in [0.4, 0.5) is 18.9 Å². The molecule has 2 aromatic carbocycles. The first-order chi connectivity index (χ1) is 11.9. The molecular formula is C19H14Cl2F3N. The van der Waals surface area contributed by atoms with E-state index in [2.05, 4.69) is 11.4 Å². The van der Waals surface area contributed by atoms with E-state index in [1.165, 1.54) is 6.07 Å². The molecule has 6 heteroatoms. The summed E-state index contributed by atoms with van der Waals surface area (Å²) in [5, 5.41) is 3.99. The van der Waals surface area contributed by atoms with Crippen molar-refractivity contribution in [3.8, 4) is 0 Å². The second-order valence-corrected chi connectivity index (χ2v) is 7.17. The van der Waals surface area contributed by atoms with Crippen LogP contribution in [-0.4, -0.2) is 0 Å². The molecule has 0 aromatic heterocycles. The number of hydrogen-bond acceptors (Lipinski definition) is 1. The molecule has 1 aliphatic carbocycles. The highest BCUT2D eigenvalue weighted by molar-refractivity contribution is 6.43. The van der Waals surface area contributed by atoms with Crippen LogP contribution < -0.4 is 5.32 Å². The lowest BCUT2D eigenvalue weighted by molar-refractivity contribution is -0.138. The lowest BCUT2D eigenvalue weighted by Gasteiger charge is -2.39. The molecule has 2 aromatic rings. The molecule has 1 nitrogen and oxygen atoms in total. The van der Waals surface area contributed by atoms with Crippen molar-refractivity contribution in [1.29, 1.82) is 0 Å². The Morgan fingerprint density at radius 2 is 1.76 bits per heavy atom. The summed E-state index contributed by atoms with van der Waals surface area (Å²) >= 11 is 12.5. The fraction of sp³-hybridized carbons (Fsp3) is 0.263. The van der Waals surface area contributed by atoms with E-state index in [9.17, 15) is 13.2 Å². The van der Waals surface area contributed by atoms with Crippen LogP contribution in [0.3, 0.4) is 0 Å². The van der Waals surface area contributed by atoms with E-state index in [0.29, 0.717) is 22.2 Å². The zero-order valence-corrected chi connectivity index (χ0v) is 14.5. The smallest absolute Gasteiger partial charge is 0.376 e. The number of benzene rings is 2. The predicted octanol–water partition coefficient (Wildman–Crippen LogP) is 6.84. The number of fused-ring (bicyclic) bond motifs is 3. The molecule has 25 heavy (non-hydrogen) atoms. The van der Waals surface area contributed by atoms with Crippen molar-refractivity contribution in [2.75, 3.05) is 5.32 Å². The molecule has 2 unspecified atom stereocenters. The van der Waals surface area contributed by atoms with Gasteiger partial charge in [-0.3, -0.25) is 0 Å². The summed E-state index contributed by atoms with van der Waals surface area (Å²) < 4.78 is 40.5. The molecule has 4 rings (SSSR count). The maximum atomic E-state index is 13.5. The summed E-state index contributed by atoms with van der Waals surface area (Å²) in [5.41, 5.74) is 1.24. The first-order valence-corrected chi connectivity index (χ1v) is 8.70. The Labute approximate surface area is 153 Å². The zero-order chi connectivity index (χ0) is 17.8. The van der Waals surface area contributed by atoms with Crippen molar-refractivity contribution < 1.29 is 13.2 Å². The highest BCUT2D eigenvalue weighted by Gasteiger charge is 2.43. The van der Waals surface area contributed by atoms with Crippen molar-refractivity contribution in [2.45, 2.75) is 24.6 Å². The van der Waals surface area contributed by atoms with Crippen molar-refractivity contribution in [3.63, 3.8) is 0 Å². The zero-order valence-electron chi connectivity index (χ0n) is 12.9. The minimum atomic E-state index is -4.40. The Kier molecular flexibility index (Phi) is 4.00. The molecule has 1 heterocycles. The molecule has 0 saturated carbocycles. The van der Waals surface area contributed by atoms with E-state index in [-0.39, 0.29) is 17.4 Å². The minimum Gasteiger partial charge on any atom is -0.376 e. The van der Waals surface area contributed by atoms with Crippen molar-refractivity contribution in [2.24, 2.45) is 5.92 Å². The minimum absolute atomic E-state index is 0.00763. The van der Waals surface area contributed by atoms with Crippen LogP contribution in [0.5, 0.6) is 0 Å². The van der Waals surface area contributed by atoms with Gasteiger partial charge < -0.3 is 5.32 Å². The van der Waals surface area contributed by atoms with E-state index in [4.69, 9.17) is 23.2 Å². The number of anilines is 1. The van der Waals surface area contributed by atoms with Crippen LogP contribution in [0, 0.1) is 5.92 Å². The number of hydrogen-bond donors (Lipinski definition) is 1. The maximum Gasteiger partial charge on any atom is 0.416 e. The van der Waals surface area contributed by atoms with E-state index in [1.54, 1.807) is 18.2 Å². The molecule has 3 atom stereocenters. The van der Waals surface area contributed by atoms with Crippen molar-refractivity contribution in [3.05, 3.63) is 75.3 Å². The van der Waals surface area contributed by atoms with Gasteiger partial charge in [-0.05, 0) is 35.6 Å². The average Bonchev–Trinajstić information content (AvgIpc) is 3.06. The Morgan fingerprint density at radius 3 is 2.52 bits per heavy atom. The molecule has 0 spiro atoms. The summed E-state index contributed by atoms with van der Waals surface area (Å²) in [4.78, 5) is 0. The molecule has 0 amide bonds. The summed E-state index contributed by atoms with van der Waals surface area (Å²) in [7, 11) is 0. The lowest BCUT2D eigenvalue weighted by atomic mass is 9.76. The Balaban J connectivity index is 1.87. The molecule has 0 radical (unpaired) electrons. The van der Waals surface area contributed by atoms with Gasteiger partial charge in [-0.25, -0.2) is 0 Å². The third kappa shape index (κ3) is 2.72. The van der Waals surface area contributed by atoms with Crippen molar-refractivity contribution in [1.82, 2.24) is 0 Å². The van der Waals surface area contributed by atoms with Crippen LogP contribution in [-0.2, 0) is 6.18 Å². The third-order valence-corrected chi connectivity index (χ3v) is 5.83. The molecule has 0 fully saturated rings. The maximum absolute atomic E-state index is 13.5. The number of halogens is 5. The summed E-state index contributed by atoms with van der Waals surface area (Å²) in [5.74, 6) is 0.0329. The monoisotopic (exact) mass is 383 g/mol. The first-order valence-electron chi connectivity index (χ1n) is 7.95. The molecule has 0 bridgehead atoms. The lowest BCUT2D eigenvalue weighted by Crippen LogP contribution is -2.31. The van der Waals surface area contributed by atoms with Gasteiger partial charge in [0, 0.05) is 5.92 Å². The molecule has 1 aliphatic heterocycles. The van der Waals surface area contributed by atoms with E-state index < -0.39 is 17.8 Å². The average molecular weight is 384 g/mol. The summed E-state index contributed by atoms with van der Waals surface area (Å²) in [6.07, 6.45) is 0.391. The number of allylic oxidation sites excluding steroid dienone is 2. The number of alkyl halides is 3. The fourth-order valence-corrected chi connectivity index (χ4v) is 4.32. The van der Waals surface area contributed by atoms with Crippen LogP contribution in [0.2, 0.25) is 10.0 Å². The van der Waals surface area contributed by atoms with Crippen LogP contribution in [0.15, 0.2) is 48.6 Å². The largest absolute Gasteiger partial charge is 0.416 e. The number of nitrogens with one attached hydrogen (secondary N) is 1. The molecular weight excluding hydrogens is 370 g/mol. The van der Waals surface area contributed by atoms with Crippen LogP contribution in [0.1, 0.15) is 35.1 Å². The van der Waals surface area contributed by atoms with Gasteiger partial charge >= 0.3 is 6.18 Å². The van der Waals surface area contributed by atoms with Gasteiger partial charge in [0.15, 0.2) is 0 Å². The van der Waals surface area contributed by atoms with Gasteiger partial charge in [0.05, 0.1) is 27.3 Å². The predicted molar refractivity (Wildman–Crippen MR) is 94.3 cm³/mol. The normalized spacial score (nSPS) is 24.6. The second kappa shape index (κ2) is 5.96.